The number of hydrogen-bond donors (Lipinski definition) is 1. The van der Waals surface area contributed by atoms with Crippen molar-refractivity contribution in [1.82, 2.24) is 24.4 Å². The highest BCUT2D eigenvalue weighted by molar-refractivity contribution is 5.60. The number of nitrogens with one attached hydrogen (secondary N) is 1. The molecule has 4 rings (SSSR count). The molecule has 30 heavy (non-hydrogen) atoms. The minimum absolute atomic E-state index is 0.270. The number of imidazole rings is 1. The normalized spacial score (nSPS) is 14.4. The van der Waals surface area contributed by atoms with Crippen LogP contribution in [0.3, 0.4) is 0 Å². The number of aromatic nitrogens is 4. The lowest BCUT2D eigenvalue weighted by Crippen LogP contribution is -2.46. The highest BCUT2D eigenvalue weighted by Crippen LogP contribution is 2.30. The Morgan fingerprint density at radius 1 is 1.10 bits per heavy atom. The summed E-state index contributed by atoms with van der Waals surface area (Å²) >= 11 is 0. The predicted octanol–water partition coefficient (Wildman–Crippen LogP) is 2.43. The van der Waals surface area contributed by atoms with Gasteiger partial charge in [-0.2, -0.15) is 5.26 Å². The van der Waals surface area contributed by atoms with Gasteiger partial charge in [0.05, 0.1) is 31.4 Å². The second kappa shape index (κ2) is 8.80. The van der Waals surface area contributed by atoms with E-state index in [0.29, 0.717) is 11.6 Å². The van der Waals surface area contributed by atoms with Crippen LogP contribution in [0, 0.1) is 11.3 Å². The van der Waals surface area contributed by atoms with Crippen LogP contribution in [0.4, 0.5) is 17.3 Å². The third-order valence-electron chi connectivity index (χ3n) is 5.23. The van der Waals surface area contributed by atoms with Crippen LogP contribution in [0.15, 0.2) is 43.1 Å². The lowest BCUT2D eigenvalue weighted by atomic mass is 10.2. The first-order valence-corrected chi connectivity index (χ1v) is 9.89. The van der Waals surface area contributed by atoms with Gasteiger partial charge in [-0.3, -0.25) is 0 Å². The average molecular weight is 404 g/mol. The van der Waals surface area contributed by atoms with Gasteiger partial charge in [-0.05, 0) is 18.7 Å². The van der Waals surface area contributed by atoms with E-state index in [2.05, 4.69) is 49.1 Å². The van der Waals surface area contributed by atoms with E-state index in [1.54, 1.807) is 13.4 Å². The van der Waals surface area contributed by atoms with Crippen molar-refractivity contribution in [3.8, 4) is 17.5 Å². The quantitative estimate of drug-likeness (QED) is 0.669. The van der Waals surface area contributed by atoms with Crippen molar-refractivity contribution < 1.29 is 4.74 Å². The van der Waals surface area contributed by atoms with Crippen LogP contribution in [0.1, 0.15) is 12.6 Å². The van der Waals surface area contributed by atoms with Crippen LogP contribution in [0.5, 0.6) is 5.75 Å². The van der Waals surface area contributed by atoms with Crippen LogP contribution in [-0.2, 0) is 0 Å². The molecule has 0 unspecified atom stereocenters. The number of rotatable bonds is 6. The number of ether oxygens (including phenoxy) is 1. The predicted molar refractivity (Wildman–Crippen MR) is 114 cm³/mol. The fourth-order valence-electron chi connectivity index (χ4n) is 3.50. The van der Waals surface area contributed by atoms with Crippen molar-refractivity contribution >= 4 is 17.3 Å². The summed E-state index contributed by atoms with van der Waals surface area (Å²) in [7, 11) is 1.68. The van der Waals surface area contributed by atoms with Gasteiger partial charge in [0.15, 0.2) is 5.69 Å². The smallest absolute Gasteiger partial charge is 0.158 e. The molecule has 9 nitrogen and oxygen atoms in total. The summed E-state index contributed by atoms with van der Waals surface area (Å²) in [4.78, 5) is 17.4. The van der Waals surface area contributed by atoms with E-state index < -0.39 is 0 Å². The summed E-state index contributed by atoms with van der Waals surface area (Å²) in [5, 5.41) is 11.9. The monoisotopic (exact) mass is 404 g/mol. The Kier molecular flexibility index (Phi) is 5.77. The molecule has 9 heteroatoms. The summed E-state index contributed by atoms with van der Waals surface area (Å²) in [5.74, 6) is 1.93. The summed E-state index contributed by atoms with van der Waals surface area (Å²) in [6.07, 6.45) is 6.50. The molecule has 1 aliphatic rings. The van der Waals surface area contributed by atoms with Crippen molar-refractivity contribution in [3.63, 3.8) is 0 Å². The number of methoxy groups -OCH3 is 1. The largest absolute Gasteiger partial charge is 0.494 e. The molecule has 0 amide bonds. The first-order valence-electron chi connectivity index (χ1n) is 9.89. The molecular formula is C21H24N8O. The molecule has 1 aliphatic heterocycles. The zero-order valence-electron chi connectivity index (χ0n) is 17.1. The average Bonchev–Trinajstić information content (AvgIpc) is 3.27. The first-order chi connectivity index (χ1) is 14.7. The number of benzene rings is 1. The van der Waals surface area contributed by atoms with Gasteiger partial charge in [-0.15, -0.1) is 0 Å². The molecule has 154 valence electrons. The molecule has 1 fully saturated rings. The Balaban J connectivity index is 1.50. The Bertz CT molecular complexity index is 1030. The van der Waals surface area contributed by atoms with E-state index in [1.807, 2.05) is 22.9 Å². The molecule has 1 aromatic carbocycles. The number of piperazine rings is 1. The fraction of sp³-hybridized carbons (Fsp3) is 0.333. The minimum atomic E-state index is 0.270. The van der Waals surface area contributed by atoms with Crippen LogP contribution in [0.25, 0.3) is 5.69 Å². The molecule has 1 N–H and O–H groups in total. The van der Waals surface area contributed by atoms with Gasteiger partial charge >= 0.3 is 0 Å². The molecule has 2 aromatic heterocycles. The molecule has 0 atom stereocenters. The van der Waals surface area contributed by atoms with Crippen molar-refractivity contribution in [3.05, 3.63) is 48.8 Å². The lowest BCUT2D eigenvalue weighted by molar-refractivity contribution is 0.271. The summed E-state index contributed by atoms with van der Waals surface area (Å²) in [5.41, 5.74) is 2.34. The van der Waals surface area contributed by atoms with Gasteiger partial charge in [0.25, 0.3) is 0 Å². The van der Waals surface area contributed by atoms with Crippen molar-refractivity contribution in [2.75, 3.05) is 50.1 Å². The molecule has 1 saturated heterocycles. The molecule has 0 saturated carbocycles. The van der Waals surface area contributed by atoms with Gasteiger partial charge in [0.2, 0.25) is 0 Å². The van der Waals surface area contributed by atoms with Crippen LogP contribution < -0.4 is 15.0 Å². The minimum Gasteiger partial charge on any atom is -0.494 e. The van der Waals surface area contributed by atoms with Gasteiger partial charge in [-0.25, -0.2) is 15.0 Å². The molecule has 0 bridgehead atoms. The van der Waals surface area contributed by atoms with Crippen LogP contribution >= 0.6 is 0 Å². The summed E-state index contributed by atoms with van der Waals surface area (Å²) in [6.45, 7) is 7.49. The maximum absolute atomic E-state index is 8.82. The zero-order chi connectivity index (χ0) is 20.9. The van der Waals surface area contributed by atoms with Gasteiger partial charge < -0.3 is 24.4 Å². The van der Waals surface area contributed by atoms with E-state index in [4.69, 9.17) is 10.00 Å². The Morgan fingerprint density at radius 3 is 2.60 bits per heavy atom. The SMILES string of the molecule is CCN1CCN(c2ccc(-n3cnc(Nc4cnc(C#N)cn4)c3)c(OC)c2)CC1. The molecular weight excluding hydrogens is 380 g/mol. The number of hydrogen-bond acceptors (Lipinski definition) is 8. The second-order valence-corrected chi connectivity index (χ2v) is 6.97. The first kappa shape index (κ1) is 19.7. The second-order valence-electron chi connectivity index (χ2n) is 6.97. The highest BCUT2D eigenvalue weighted by Gasteiger charge is 2.17. The molecule has 0 aliphatic carbocycles. The molecule has 0 spiro atoms. The standard InChI is InChI=1S/C21H24N8O/c1-3-27-6-8-28(9-7-27)17-4-5-18(19(10-17)30-2)29-14-21(25-15-29)26-20-13-23-16(11-22)12-24-20/h4-5,10,12-15H,3,6-9H2,1-2H3,(H,24,26). The fourth-order valence-corrected chi connectivity index (χ4v) is 3.50. The topological polar surface area (TPSA) is 95.1 Å². The van der Waals surface area contributed by atoms with Crippen LogP contribution in [-0.4, -0.2) is 64.3 Å². The summed E-state index contributed by atoms with van der Waals surface area (Å²) < 4.78 is 7.57. The van der Waals surface area contributed by atoms with Gasteiger partial charge in [0.1, 0.15) is 29.8 Å². The Labute approximate surface area is 175 Å². The number of nitriles is 1. The zero-order valence-corrected chi connectivity index (χ0v) is 17.1. The lowest BCUT2D eigenvalue weighted by Gasteiger charge is -2.35. The molecule has 3 heterocycles. The maximum atomic E-state index is 8.82. The van der Waals surface area contributed by atoms with Crippen molar-refractivity contribution in [2.24, 2.45) is 0 Å². The molecule has 3 aromatic rings. The number of likely N-dealkylation sites (N-methyl/N-ethyl adjacent to an activating group) is 1. The maximum Gasteiger partial charge on any atom is 0.158 e. The third kappa shape index (κ3) is 4.18. The van der Waals surface area contributed by atoms with Crippen molar-refractivity contribution in [1.29, 1.82) is 5.26 Å². The Hall–Kier alpha value is -3.64. The van der Waals surface area contributed by atoms with Gasteiger partial charge in [-0.1, -0.05) is 6.92 Å². The Morgan fingerprint density at radius 2 is 1.93 bits per heavy atom. The van der Waals surface area contributed by atoms with E-state index in [0.717, 1.165) is 49.8 Å². The van der Waals surface area contributed by atoms with E-state index in [9.17, 15) is 0 Å². The van der Waals surface area contributed by atoms with E-state index in [1.165, 1.54) is 12.4 Å². The summed E-state index contributed by atoms with van der Waals surface area (Å²) in [6, 6.07) is 8.20. The highest BCUT2D eigenvalue weighted by atomic mass is 16.5. The molecule has 0 radical (unpaired) electrons. The van der Waals surface area contributed by atoms with Crippen LogP contribution in [0.2, 0.25) is 0 Å². The number of anilines is 3. The van der Waals surface area contributed by atoms with Gasteiger partial charge in [0, 0.05) is 37.9 Å². The number of nitrogens with zero attached hydrogens (tertiary/aromatic N) is 7. The van der Waals surface area contributed by atoms with E-state index in [-0.39, 0.29) is 5.69 Å². The third-order valence-corrected chi connectivity index (χ3v) is 5.23. The van der Waals surface area contributed by atoms with E-state index >= 15 is 0 Å². The van der Waals surface area contributed by atoms with Crippen molar-refractivity contribution in [2.45, 2.75) is 6.92 Å².